The Bertz CT molecular complexity index is 1430. The SMILES string of the molecule is CCOC(=O)c1ccc(NC(=O)/C(C#N)=C/c2cccc(Oc3ccc([N+](=O)[O-])cc3C#N)c2)cc1. The number of nitro groups is 1. The number of hydrogen-bond acceptors (Lipinski definition) is 8. The number of carbonyl (C=O) groups excluding carboxylic acids is 2. The number of nitrogens with one attached hydrogen (secondary N) is 1. The first kappa shape index (κ1) is 25.1. The minimum absolute atomic E-state index is 0.0174. The first-order valence-electron chi connectivity index (χ1n) is 10.5. The van der Waals surface area contributed by atoms with Crippen LogP contribution in [0.25, 0.3) is 6.08 Å². The molecule has 3 rings (SSSR count). The zero-order valence-corrected chi connectivity index (χ0v) is 18.9. The topological polar surface area (TPSA) is 155 Å². The number of amides is 1. The predicted molar refractivity (Wildman–Crippen MR) is 129 cm³/mol. The van der Waals surface area contributed by atoms with E-state index in [1.807, 2.05) is 12.1 Å². The normalized spacial score (nSPS) is 10.5. The number of benzene rings is 3. The van der Waals surface area contributed by atoms with Gasteiger partial charge in [-0.2, -0.15) is 10.5 Å². The maximum absolute atomic E-state index is 12.6. The van der Waals surface area contributed by atoms with Gasteiger partial charge >= 0.3 is 5.97 Å². The Morgan fingerprint density at radius 2 is 1.83 bits per heavy atom. The van der Waals surface area contributed by atoms with Gasteiger partial charge in [-0.15, -0.1) is 0 Å². The van der Waals surface area contributed by atoms with Gasteiger partial charge in [0.05, 0.1) is 17.1 Å². The van der Waals surface area contributed by atoms with Crippen LogP contribution in [0.4, 0.5) is 11.4 Å². The number of hydrogen-bond donors (Lipinski definition) is 1. The van der Waals surface area contributed by atoms with E-state index < -0.39 is 16.8 Å². The summed E-state index contributed by atoms with van der Waals surface area (Å²) in [6, 6.07) is 19.8. The Hall–Kier alpha value is -5.48. The van der Waals surface area contributed by atoms with Crippen molar-refractivity contribution in [2.45, 2.75) is 6.92 Å². The minimum atomic E-state index is -0.658. The summed E-state index contributed by atoms with van der Waals surface area (Å²) >= 11 is 0. The van der Waals surface area contributed by atoms with Crippen molar-refractivity contribution in [2.24, 2.45) is 0 Å². The lowest BCUT2D eigenvalue weighted by atomic mass is 10.1. The summed E-state index contributed by atoms with van der Waals surface area (Å²) in [5, 5.41) is 32.3. The van der Waals surface area contributed by atoms with Gasteiger partial charge in [0.25, 0.3) is 11.6 Å². The number of nitro benzene ring substituents is 1. The zero-order valence-electron chi connectivity index (χ0n) is 18.9. The number of anilines is 1. The van der Waals surface area contributed by atoms with Crippen molar-refractivity contribution in [1.29, 1.82) is 10.5 Å². The maximum atomic E-state index is 12.6. The van der Waals surface area contributed by atoms with E-state index >= 15 is 0 Å². The van der Waals surface area contributed by atoms with Crippen LogP contribution in [0.1, 0.15) is 28.4 Å². The molecule has 0 aliphatic rings. The first-order valence-corrected chi connectivity index (χ1v) is 10.5. The molecule has 0 aliphatic carbocycles. The van der Waals surface area contributed by atoms with Crippen LogP contribution in [0.2, 0.25) is 0 Å². The van der Waals surface area contributed by atoms with Gasteiger partial charge < -0.3 is 14.8 Å². The zero-order chi connectivity index (χ0) is 26.1. The summed E-state index contributed by atoms with van der Waals surface area (Å²) in [6.07, 6.45) is 1.36. The Morgan fingerprint density at radius 3 is 2.47 bits per heavy atom. The fourth-order valence-electron chi connectivity index (χ4n) is 3.02. The smallest absolute Gasteiger partial charge is 0.338 e. The lowest BCUT2D eigenvalue weighted by Crippen LogP contribution is -2.13. The van der Waals surface area contributed by atoms with E-state index in [-0.39, 0.29) is 29.2 Å². The second kappa shape index (κ2) is 11.6. The summed E-state index contributed by atoms with van der Waals surface area (Å²) in [5.41, 5.74) is 0.739. The highest BCUT2D eigenvalue weighted by Gasteiger charge is 2.14. The molecule has 0 heterocycles. The van der Waals surface area contributed by atoms with Crippen molar-refractivity contribution in [3.63, 3.8) is 0 Å². The van der Waals surface area contributed by atoms with Crippen molar-refractivity contribution in [2.75, 3.05) is 11.9 Å². The number of non-ortho nitro benzene ring substituents is 1. The van der Waals surface area contributed by atoms with Gasteiger partial charge in [0.15, 0.2) is 0 Å². The number of ether oxygens (including phenoxy) is 2. The molecule has 0 saturated heterocycles. The molecule has 1 N–H and O–H groups in total. The number of esters is 1. The van der Waals surface area contributed by atoms with Gasteiger partial charge in [0.1, 0.15) is 34.8 Å². The van der Waals surface area contributed by atoms with Crippen molar-refractivity contribution in [3.8, 4) is 23.6 Å². The Balaban J connectivity index is 1.76. The van der Waals surface area contributed by atoms with Crippen LogP contribution in [-0.4, -0.2) is 23.4 Å². The second-order valence-corrected chi connectivity index (χ2v) is 7.15. The van der Waals surface area contributed by atoms with E-state index in [0.717, 1.165) is 6.07 Å². The lowest BCUT2D eigenvalue weighted by Gasteiger charge is -2.08. The summed E-state index contributed by atoms with van der Waals surface area (Å²) < 4.78 is 10.6. The van der Waals surface area contributed by atoms with E-state index in [4.69, 9.17) is 9.47 Å². The molecule has 10 nitrogen and oxygen atoms in total. The fraction of sp³-hybridized carbons (Fsp3) is 0.0769. The Labute approximate surface area is 205 Å². The van der Waals surface area contributed by atoms with E-state index in [9.17, 15) is 30.2 Å². The molecule has 0 fully saturated rings. The van der Waals surface area contributed by atoms with Crippen LogP contribution in [0.15, 0.2) is 72.3 Å². The predicted octanol–water partition coefficient (Wildman–Crippen LogP) is 4.98. The van der Waals surface area contributed by atoms with Crippen molar-refractivity contribution >= 4 is 29.3 Å². The molecule has 0 aliphatic heterocycles. The van der Waals surface area contributed by atoms with Crippen LogP contribution in [0.5, 0.6) is 11.5 Å². The molecule has 0 atom stereocenters. The third-order valence-electron chi connectivity index (χ3n) is 4.71. The summed E-state index contributed by atoms with van der Waals surface area (Å²) in [6.45, 7) is 1.94. The van der Waals surface area contributed by atoms with Gasteiger partial charge in [-0.25, -0.2) is 4.79 Å². The van der Waals surface area contributed by atoms with Gasteiger partial charge in [-0.05, 0) is 61.0 Å². The van der Waals surface area contributed by atoms with Crippen molar-refractivity contribution < 1.29 is 24.0 Å². The number of nitrogens with zero attached hydrogens (tertiary/aromatic N) is 3. The molecule has 3 aromatic rings. The van der Waals surface area contributed by atoms with Crippen LogP contribution >= 0.6 is 0 Å². The minimum Gasteiger partial charge on any atom is -0.462 e. The van der Waals surface area contributed by atoms with Crippen LogP contribution in [0.3, 0.4) is 0 Å². The monoisotopic (exact) mass is 482 g/mol. The number of rotatable bonds is 8. The molecule has 0 bridgehead atoms. The highest BCUT2D eigenvalue weighted by atomic mass is 16.6. The average Bonchev–Trinajstić information content (AvgIpc) is 2.88. The number of carbonyl (C=O) groups is 2. The maximum Gasteiger partial charge on any atom is 0.338 e. The fourth-order valence-corrected chi connectivity index (χ4v) is 3.02. The molecule has 36 heavy (non-hydrogen) atoms. The van der Waals surface area contributed by atoms with Crippen molar-refractivity contribution in [3.05, 3.63) is 99.1 Å². The van der Waals surface area contributed by atoms with E-state index in [1.54, 1.807) is 31.2 Å². The third-order valence-corrected chi connectivity index (χ3v) is 4.71. The molecular formula is C26H18N4O6. The average molecular weight is 482 g/mol. The molecule has 178 valence electrons. The highest BCUT2D eigenvalue weighted by molar-refractivity contribution is 6.09. The summed E-state index contributed by atoms with van der Waals surface area (Å²) in [4.78, 5) is 34.7. The molecule has 0 unspecified atom stereocenters. The van der Waals surface area contributed by atoms with Gasteiger partial charge in [-0.3, -0.25) is 14.9 Å². The van der Waals surface area contributed by atoms with E-state index in [2.05, 4.69) is 5.32 Å². The lowest BCUT2D eigenvalue weighted by molar-refractivity contribution is -0.384. The quantitative estimate of drug-likeness (QED) is 0.155. The Kier molecular flexibility index (Phi) is 8.10. The summed E-state index contributed by atoms with van der Waals surface area (Å²) in [7, 11) is 0. The van der Waals surface area contributed by atoms with Crippen LogP contribution < -0.4 is 10.1 Å². The highest BCUT2D eigenvalue weighted by Crippen LogP contribution is 2.29. The van der Waals surface area contributed by atoms with Crippen LogP contribution in [-0.2, 0) is 9.53 Å². The van der Waals surface area contributed by atoms with Crippen LogP contribution in [0, 0.1) is 32.8 Å². The van der Waals surface area contributed by atoms with Crippen molar-refractivity contribution in [1.82, 2.24) is 0 Å². The standard InChI is InChI=1S/C26H18N4O6/c1-2-35-26(32)18-6-8-21(9-7-18)29-25(31)20(16-28)12-17-4-3-5-23(13-17)36-24-11-10-22(30(33)34)14-19(24)15-27/h3-14H,2H2,1H3,(H,29,31)/b20-12+. The molecular weight excluding hydrogens is 464 g/mol. The van der Waals surface area contributed by atoms with Gasteiger partial charge in [0.2, 0.25) is 0 Å². The summed E-state index contributed by atoms with van der Waals surface area (Å²) in [5.74, 6) is -0.726. The molecule has 10 heteroatoms. The molecule has 0 spiro atoms. The molecule has 0 saturated carbocycles. The third kappa shape index (κ3) is 6.31. The molecule has 0 aromatic heterocycles. The molecule has 0 radical (unpaired) electrons. The number of nitriles is 2. The second-order valence-electron chi connectivity index (χ2n) is 7.15. The largest absolute Gasteiger partial charge is 0.462 e. The van der Waals surface area contributed by atoms with E-state index in [0.29, 0.717) is 22.6 Å². The van der Waals surface area contributed by atoms with Gasteiger partial charge in [-0.1, -0.05) is 12.1 Å². The van der Waals surface area contributed by atoms with E-state index in [1.165, 1.54) is 42.5 Å². The molecule has 3 aromatic carbocycles. The first-order chi connectivity index (χ1) is 17.3. The Morgan fingerprint density at radius 1 is 1.08 bits per heavy atom. The van der Waals surface area contributed by atoms with Gasteiger partial charge in [0, 0.05) is 17.8 Å². The molecule has 1 amide bonds.